The van der Waals surface area contributed by atoms with Crippen LogP contribution in [0.15, 0.2) is 17.7 Å². The van der Waals surface area contributed by atoms with Crippen LogP contribution in [0, 0.1) is 6.92 Å². The van der Waals surface area contributed by atoms with E-state index < -0.39 is 0 Å². The van der Waals surface area contributed by atoms with E-state index >= 15 is 0 Å². The van der Waals surface area contributed by atoms with E-state index in [1.807, 2.05) is 13.0 Å². The molecule has 0 amide bonds. The Balaban J connectivity index is 3.21. The van der Waals surface area contributed by atoms with E-state index in [4.69, 9.17) is 14.2 Å². The normalized spacial score (nSPS) is 11.8. The van der Waals surface area contributed by atoms with Gasteiger partial charge in [0.25, 0.3) is 0 Å². The molecular weight excluding hydrogens is 264 g/mol. The summed E-state index contributed by atoms with van der Waals surface area (Å²) in [4.78, 5) is 0. The van der Waals surface area contributed by atoms with Crippen LogP contribution >= 0.6 is 0 Å². The van der Waals surface area contributed by atoms with Crippen molar-refractivity contribution >= 4 is 0 Å². The molecule has 0 aliphatic carbocycles. The molecule has 1 rings (SSSR count). The smallest absolute Gasteiger partial charge is 0.168 e. The van der Waals surface area contributed by atoms with E-state index in [0.717, 1.165) is 41.2 Å². The maximum atomic E-state index is 5.62. The Morgan fingerprint density at radius 1 is 1.10 bits per heavy atom. The lowest BCUT2D eigenvalue weighted by Crippen LogP contribution is -2.04. The lowest BCUT2D eigenvalue weighted by atomic mass is 9.92. The zero-order valence-corrected chi connectivity index (χ0v) is 14.4. The van der Waals surface area contributed by atoms with Crippen molar-refractivity contribution in [2.45, 2.75) is 46.5 Å². The maximum absolute atomic E-state index is 5.62. The molecule has 0 heterocycles. The maximum Gasteiger partial charge on any atom is 0.168 e. The van der Waals surface area contributed by atoms with Crippen molar-refractivity contribution in [1.82, 2.24) is 0 Å². The van der Waals surface area contributed by atoms with E-state index in [9.17, 15) is 0 Å². The first kappa shape index (κ1) is 17.4. The van der Waals surface area contributed by atoms with Gasteiger partial charge in [0, 0.05) is 5.56 Å². The average molecular weight is 292 g/mol. The van der Waals surface area contributed by atoms with Gasteiger partial charge in [-0.2, -0.15) is 0 Å². The van der Waals surface area contributed by atoms with Gasteiger partial charge in [-0.15, -0.1) is 0 Å². The average Bonchev–Trinajstić information content (AvgIpc) is 2.45. The third-order valence-corrected chi connectivity index (χ3v) is 3.70. The van der Waals surface area contributed by atoms with Crippen LogP contribution in [0.5, 0.6) is 17.2 Å². The van der Waals surface area contributed by atoms with Gasteiger partial charge in [0.2, 0.25) is 0 Å². The number of aryl methyl sites for hydroxylation is 1. The van der Waals surface area contributed by atoms with Crippen molar-refractivity contribution in [1.29, 1.82) is 0 Å². The van der Waals surface area contributed by atoms with Gasteiger partial charge >= 0.3 is 0 Å². The van der Waals surface area contributed by atoms with Gasteiger partial charge in [-0.1, -0.05) is 18.6 Å². The van der Waals surface area contributed by atoms with Gasteiger partial charge in [-0.05, 0) is 51.2 Å². The molecule has 3 heteroatoms. The molecule has 0 saturated heterocycles. The number of hydrogen-bond donors (Lipinski definition) is 0. The minimum absolute atomic E-state index is 0.333. The number of rotatable bonds is 7. The zero-order valence-electron chi connectivity index (χ0n) is 14.4. The Morgan fingerprint density at radius 3 is 2.19 bits per heavy atom. The minimum atomic E-state index is 0.333. The van der Waals surface area contributed by atoms with Crippen molar-refractivity contribution in [2.24, 2.45) is 0 Å². The van der Waals surface area contributed by atoms with Crippen LogP contribution in [-0.4, -0.2) is 21.3 Å². The van der Waals surface area contributed by atoms with Gasteiger partial charge in [0.1, 0.15) is 5.75 Å². The Morgan fingerprint density at radius 2 is 1.71 bits per heavy atom. The highest BCUT2D eigenvalue weighted by atomic mass is 16.5. The molecule has 0 N–H and O–H groups in total. The molecule has 0 fully saturated rings. The Kier molecular flexibility index (Phi) is 6.60. The first-order chi connectivity index (χ1) is 9.96. The summed E-state index contributed by atoms with van der Waals surface area (Å²) in [5.41, 5.74) is 3.46. The second-order valence-electron chi connectivity index (χ2n) is 5.64. The first-order valence-corrected chi connectivity index (χ1v) is 7.39. The molecule has 0 saturated carbocycles. The highest BCUT2D eigenvalue weighted by molar-refractivity contribution is 5.59. The Bertz CT molecular complexity index is 500. The van der Waals surface area contributed by atoms with E-state index in [1.165, 1.54) is 5.57 Å². The van der Waals surface area contributed by atoms with Gasteiger partial charge in [-0.25, -0.2) is 0 Å². The summed E-state index contributed by atoms with van der Waals surface area (Å²) < 4.78 is 16.7. The fraction of sp³-hybridized carbons (Fsp3) is 0.556. The van der Waals surface area contributed by atoms with Crippen LogP contribution in [0.25, 0.3) is 0 Å². The minimum Gasteiger partial charge on any atom is -0.496 e. The predicted octanol–water partition coefficient (Wildman–Crippen LogP) is 4.87. The van der Waals surface area contributed by atoms with Crippen LogP contribution in [-0.2, 0) is 0 Å². The summed E-state index contributed by atoms with van der Waals surface area (Å²) in [5, 5.41) is 0. The number of methoxy groups -OCH3 is 3. The molecule has 3 nitrogen and oxygen atoms in total. The lowest BCUT2D eigenvalue weighted by molar-refractivity contribution is 0.338. The molecule has 0 bridgehead atoms. The summed E-state index contributed by atoms with van der Waals surface area (Å²) in [5.74, 6) is 2.79. The van der Waals surface area contributed by atoms with Crippen LogP contribution in [0.2, 0.25) is 0 Å². The third-order valence-electron chi connectivity index (χ3n) is 3.70. The lowest BCUT2D eigenvalue weighted by Gasteiger charge is -2.22. The molecule has 1 atom stereocenters. The molecule has 1 aromatic carbocycles. The van der Waals surface area contributed by atoms with Crippen LogP contribution < -0.4 is 14.2 Å². The summed E-state index contributed by atoms with van der Waals surface area (Å²) in [7, 11) is 5.06. The molecule has 0 aliphatic rings. The van der Waals surface area contributed by atoms with Gasteiger partial charge in [0.15, 0.2) is 11.5 Å². The second kappa shape index (κ2) is 7.96. The van der Waals surface area contributed by atoms with Crippen LogP contribution in [0.3, 0.4) is 0 Å². The van der Waals surface area contributed by atoms with Gasteiger partial charge in [0.05, 0.1) is 21.3 Å². The highest BCUT2D eigenvalue weighted by Crippen LogP contribution is 2.45. The zero-order chi connectivity index (χ0) is 16.0. The number of ether oxygens (including phenoxy) is 3. The standard InChI is InChI=1S/C18H28O3/c1-12(2)9-8-10-13(3)16-15(19-5)11-14(4)17(20-6)18(16)21-7/h9,11,13H,8,10H2,1-7H3. The molecule has 1 aromatic rings. The van der Waals surface area contributed by atoms with Crippen molar-refractivity contribution in [3.63, 3.8) is 0 Å². The number of allylic oxidation sites excluding steroid dienone is 2. The van der Waals surface area contributed by atoms with Crippen molar-refractivity contribution in [2.75, 3.05) is 21.3 Å². The SMILES string of the molecule is COc1cc(C)c(OC)c(OC)c1C(C)CCC=C(C)C. The fourth-order valence-electron chi connectivity index (χ4n) is 2.61. The second-order valence-corrected chi connectivity index (χ2v) is 5.64. The summed E-state index contributed by atoms with van der Waals surface area (Å²) >= 11 is 0. The number of hydrogen-bond acceptors (Lipinski definition) is 3. The van der Waals surface area contributed by atoms with Gasteiger partial charge < -0.3 is 14.2 Å². The van der Waals surface area contributed by atoms with Crippen molar-refractivity contribution in [3.05, 3.63) is 28.8 Å². The third kappa shape index (κ3) is 4.16. The molecule has 0 spiro atoms. The van der Waals surface area contributed by atoms with Gasteiger partial charge in [-0.3, -0.25) is 0 Å². The van der Waals surface area contributed by atoms with E-state index in [1.54, 1.807) is 21.3 Å². The molecule has 0 aliphatic heterocycles. The molecule has 0 aromatic heterocycles. The van der Waals surface area contributed by atoms with Crippen molar-refractivity contribution < 1.29 is 14.2 Å². The highest BCUT2D eigenvalue weighted by Gasteiger charge is 2.22. The van der Waals surface area contributed by atoms with E-state index in [-0.39, 0.29) is 0 Å². The first-order valence-electron chi connectivity index (χ1n) is 7.39. The van der Waals surface area contributed by atoms with E-state index in [2.05, 4.69) is 26.8 Å². The molecule has 1 unspecified atom stereocenters. The number of benzene rings is 1. The molecule has 21 heavy (non-hydrogen) atoms. The fourth-order valence-corrected chi connectivity index (χ4v) is 2.61. The molecule has 0 radical (unpaired) electrons. The molecule has 118 valence electrons. The van der Waals surface area contributed by atoms with Crippen molar-refractivity contribution in [3.8, 4) is 17.2 Å². The van der Waals surface area contributed by atoms with Crippen LogP contribution in [0.1, 0.15) is 50.7 Å². The van der Waals surface area contributed by atoms with E-state index in [0.29, 0.717) is 5.92 Å². The Hall–Kier alpha value is -1.64. The topological polar surface area (TPSA) is 27.7 Å². The largest absolute Gasteiger partial charge is 0.496 e. The Labute approximate surface area is 128 Å². The molecular formula is C18H28O3. The monoisotopic (exact) mass is 292 g/mol. The summed E-state index contributed by atoms with van der Waals surface area (Å²) in [6.07, 6.45) is 4.36. The van der Waals surface area contributed by atoms with Crippen LogP contribution in [0.4, 0.5) is 0 Å². The quantitative estimate of drug-likeness (QED) is 0.671. The summed E-state index contributed by atoms with van der Waals surface area (Å²) in [6, 6.07) is 2.02. The predicted molar refractivity (Wildman–Crippen MR) is 87.9 cm³/mol. The summed E-state index contributed by atoms with van der Waals surface area (Å²) in [6.45, 7) is 8.46.